The molecule has 0 saturated carbocycles. The Balaban J connectivity index is 1.48. The lowest BCUT2D eigenvalue weighted by atomic mass is 10.1. The van der Waals surface area contributed by atoms with Crippen molar-refractivity contribution in [3.8, 4) is 0 Å². The summed E-state index contributed by atoms with van der Waals surface area (Å²) < 4.78 is 0. The molecule has 4 heteroatoms. The minimum Gasteiger partial charge on any atom is -0.353 e. The molecule has 0 radical (unpaired) electrons. The van der Waals surface area contributed by atoms with Gasteiger partial charge in [0.25, 0.3) is 0 Å². The lowest BCUT2D eigenvalue weighted by molar-refractivity contribution is 0.730. The zero-order chi connectivity index (χ0) is 23.4. The van der Waals surface area contributed by atoms with Gasteiger partial charge in [0, 0.05) is 24.1 Å². The number of anilines is 7. The van der Waals surface area contributed by atoms with E-state index in [1.165, 1.54) is 45.4 Å². The Morgan fingerprint density at radius 2 is 0.912 bits per heavy atom. The highest BCUT2D eigenvalue weighted by atomic mass is 15.4. The van der Waals surface area contributed by atoms with Crippen LogP contribution in [-0.2, 0) is 0 Å². The van der Waals surface area contributed by atoms with E-state index in [4.69, 9.17) is 0 Å². The number of hydrogen-bond donors (Lipinski definition) is 0. The molecule has 0 saturated heterocycles. The third-order valence-corrected chi connectivity index (χ3v) is 7.43. The molecule has 4 aromatic carbocycles. The highest BCUT2D eigenvalue weighted by Crippen LogP contribution is 2.50. The molecule has 6 rings (SSSR count). The van der Waals surface area contributed by atoms with Gasteiger partial charge in [-0.3, -0.25) is 0 Å². The van der Waals surface area contributed by atoms with Crippen LogP contribution in [0.5, 0.6) is 0 Å². The first kappa shape index (κ1) is 20.7. The molecule has 0 spiro atoms. The minimum atomic E-state index is 0.153. The van der Waals surface area contributed by atoms with E-state index >= 15 is 0 Å². The molecule has 2 atom stereocenters. The molecule has 34 heavy (non-hydrogen) atoms. The van der Waals surface area contributed by atoms with Gasteiger partial charge in [-0.1, -0.05) is 48.5 Å². The van der Waals surface area contributed by atoms with Gasteiger partial charge < -0.3 is 19.6 Å². The summed E-state index contributed by atoms with van der Waals surface area (Å²) >= 11 is 0. The summed E-state index contributed by atoms with van der Waals surface area (Å²) in [4.78, 5) is 9.74. The summed E-state index contributed by atoms with van der Waals surface area (Å²) in [5, 5.41) is 0. The van der Waals surface area contributed by atoms with Crippen molar-refractivity contribution in [3.63, 3.8) is 0 Å². The third-order valence-electron chi connectivity index (χ3n) is 7.43. The van der Waals surface area contributed by atoms with E-state index in [1.54, 1.807) is 0 Å². The Hall–Kier alpha value is -3.92. The molecule has 0 amide bonds. The topological polar surface area (TPSA) is 13.0 Å². The highest BCUT2D eigenvalue weighted by Gasteiger charge is 2.37. The van der Waals surface area contributed by atoms with Gasteiger partial charge in [0.05, 0.1) is 22.7 Å². The zero-order valence-electron chi connectivity index (χ0n) is 20.2. The number of benzene rings is 4. The first-order chi connectivity index (χ1) is 16.6. The van der Waals surface area contributed by atoms with Crippen LogP contribution in [0.4, 0.5) is 39.8 Å². The van der Waals surface area contributed by atoms with Crippen molar-refractivity contribution in [1.29, 1.82) is 0 Å². The van der Waals surface area contributed by atoms with Crippen molar-refractivity contribution in [3.05, 3.63) is 103 Å². The van der Waals surface area contributed by atoms with E-state index < -0.39 is 0 Å². The Bertz CT molecular complexity index is 1350. The zero-order valence-corrected chi connectivity index (χ0v) is 20.2. The predicted octanol–water partition coefficient (Wildman–Crippen LogP) is 7.56. The van der Waals surface area contributed by atoms with Gasteiger partial charge in [0.15, 0.2) is 0 Å². The monoisotopic (exact) mass is 446 g/mol. The third kappa shape index (κ3) is 2.91. The lowest BCUT2D eigenvalue weighted by Crippen LogP contribution is -2.37. The molecule has 0 bridgehead atoms. The molecular weight excluding hydrogens is 416 g/mol. The van der Waals surface area contributed by atoms with Crippen molar-refractivity contribution in [2.45, 2.75) is 33.1 Å². The maximum absolute atomic E-state index is 2.48. The molecule has 170 valence electrons. The molecule has 2 aliphatic heterocycles. The van der Waals surface area contributed by atoms with Crippen molar-refractivity contribution in [1.82, 2.24) is 0 Å². The minimum absolute atomic E-state index is 0.153. The maximum Gasteiger partial charge on any atom is 0.108 e. The van der Waals surface area contributed by atoms with E-state index in [0.29, 0.717) is 0 Å². The van der Waals surface area contributed by atoms with Gasteiger partial charge >= 0.3 is 0 Å². The fraction of sp³-hybridized carbons (Fsp3) is 0.200. The molecule has 2 heterocycles. The number of nitrogens with zero attached hydrogens (tertiary/aromatic N) is 4. The maximum atomic E-state index is 2.48. The highest BCUT2D eigenvalue weighted by molar-refractivity contribution is 5.91. The summed E-state index contributed by atoms with van der Waals surface area (Å²) in [6.07, 6.45) is 0.398. The number of hydrogen-bond acceptors (Lipinski definition) is 4. The second-order valence-electron chi connectivity index (χ2n) is 9.22. The van der Waals surface area contributed by atoms with Gasteiger partial charge in [-0.15, -0.1) is 0 Å². The first-order valence-corrected chi connectivity index (χ1v) is 12.0. The quantitative estimate of drug-likeness (QED) is 0.322. The van der Waals surface area contributed by atoms with Gasteiger partial charge in [0.1, 0.15) is 12.3 Å². The second kappa shape index (κ2) is 7.84. The van der Waals surface area contributed by atoms with Crippen LogP contribution in [0.25, 0.3) is 0 Å². The molecule has 2 aliphatic rings. The summed E-state index contributed by atoms with van der Waals surface area (Å²) in [6, 6.07) is 34.8. The van der Waals surface area contributed by atoms with Crippen LogP contribution in [-0.4, -0.2) is 19.4 Å². The van der Waals surface area contributed by atoms with Crippen LogP contribution in [0, 0.1) is 6.92 Å². The Kier molecular flexibility index (Phi) is 4.77. The van der Waals surface area contributed by atoms with E-state index in [9.17, 15) is 0 Å². The average molecular weight is 447 g/mol. The molecule has 0 unspecified atom stereocenters. The molecule has 0 aromatic heterocycles. The van der Waals surface area contributed by atoms with E-state index in [0.717, 1.165) is 0 Å². The standard InChI is InChI=1S/C30H30N4/c1-21-25(33-22(2)31(4)27-15-8-9-16-28(27)33)19-12-20-26(21)34-23(3)32(24-13-6-5-7-14-24)29-17-10-11-18-30(29)34/h5-20,22-23H,1-4H3/t22-,23+/m0/s1. The molecule has 4 aromatic rings. The van der Waals surface area contributed by atoms with Crippen molar-refractivity contribution < 1.29 is 0 Å². The number of fused-ring (bicyclic) bond motifs is 2. The first-order valence-electron chi connectivity index (χ1n) is 12.0. The van der Waals surface area contributed by atoms with E-state index in [1.807, 2.05) is 0 Å². The SMILES string of the molecule is Cc1c(N2c3ccccc3N(c3ccccc3)[C@H]2C)cccc1N1c2ccccc2N(C)[C@@H]1C. The predicted molar refractivity (Wildman–Crippen MR) is 144 cm³/mol. The lowest BCUT2D eigenvalue weighted by Gasteiger charge is -2.34. The molecular formula is C30H30N4. The van der Waals surface area contributed by atoms with Crippen LogP contribution in [0.15, 0.2) is 97.1 Å². The molecule has 0 aliphatic carbocycles. The summed E-state index contributed by atoms with van der Waals surface area (Å²) in [5.41, 5.74) is 10.0. The molecule has 0 N–H and O–H groups in total. The normalized spacial score (nSPS) is 18.9. The van der Waals surface area contributed by atoms with Crippen LogP contribution >= 0.6 is 0 Å². The smallest absolute Gasteiger partial charge is 0.108 e. The van der Waals surface area contributed by atoms with Gasteiger partial charge in [0.2, 0.25) is 0 Å². The van der Waals surface area contributed by atoms with Crippen molar-refractivity contribution in [2.24, 2.45) is 0 Å². The van der Waals surface area contributed by atoms with Crippen LogP contribution < -0.4 is 19.6 Å². The fourth-order valence-electron chi connectivity index (χ4n) is 5.67. The van der Waals surface area contributed by atoms with Crippen LogP contribution in [0.1, 0.15) is 19.4 Å². The summed E-state index contributed by atoms with van der Waals surface area (Å²) in [7, 11) is 2.18. The van der Waals surface area contributed by atoms with Crippen molar-refractivity contribution in [2.75, 3.05) is 26.6 Å². The van der Waals surface area contributed by atoms with Crippen LogP contribution in [0.2, 0.25) is 0 Å². The van der Waals surface area contributed by atoms with E-state index in [-0.39, 0.29) is 12.3 Å². The Morgan fingerprint density at radius 3 is 1.53 bits per heavy atom. The van der Waals surface area contributed by atoms with Crippen molar-refractivity contribution >= 4 is 39.8 Å². The number of rotatable bonds is 3. The van der Waals surface area contributed by atoms with Crippen LogP contribution in [0.3, 0.4) is 0 Å². The van der Waals surface area contributed by atoms with E-state index in [2.05, 4.69) is 144 Å². The average Bonchev–Trinajstić information content (AvgIpc) is 3.30. The Labute approximate surface area is 202 Å². The van der Waals surface area contributed by atoms with Gasteiger partial charge in [-0.2, -0.15) is 0 Å². The Morgan fingerprint density at radius 1 is 0.471 bits per heavy atom. The molecule has 0 fully saturated rings. The second-order valence-corrected chi connectivity index (χ2v) is 9.22. The molecule has 4 nitrogen and oxygen atoms in total. The largest absolute Gasteiger partial charge is 0.353 e. The van der Waals surface area contributed by atoms with Gasteiger partial charge in [-0.05, 0) is 74.9 Å². The number of para-hydroxylation sites is 5. The summed E-state index contributed by atoms with van der Waals surface area (Å²) in [5.74, 6) is 0. The summed E-state index contributed by atoms with van der Waals surface area (Å²) in [6.45, 7) is 6.83. The van der Waals surface area contributed by atoms with Gasteiger partial charge in [-0.25, -0.2) is 0 Å². The fourth-order valence-corrected chi connectivity index (χ4v) is 5.67.